The number of halogens is 1. The van der Waals surface area contributed by atoms with Gasteiger partial charge >= 0.3 is 0 Å². The van der Waals surface area contributed by atoms with E-state index in [2.05, 4.69) is 6.92 Å². The third kappa shape index (κ3) is 1.39. The fraction of sp³-hybridized carbons (Fsp3) is 0.714. The topological polar surface area (TPSA) is 26.0 Å². The molecule has 0 aliphatic heterocycles. The summed E-state index contributed by atoms with van der Waals surface area (Å²) in [6, 6.07) is 0. The number of hydrogen-bond donors (Lipinski definition) is 1. The first-order valence-corrected chi connectivity index (χ1v) is 3.73. The van der Waals surface area contributed by atoms with Crippen molar-refractivity contribution in [2.45, 2.75) is 26.2 Å². The second kappa shape index (κ2) is 2.61. The third-order valence-corrected chi connectivity index (χ3v) is 2.28. The Bertz CT molecular complexity index is 140. The highest BCUT2D eigenvalue weighted by Gasteiger charge is 2.14. The maximum atomic E-state index is 5.82. The molecule has 1 aliphatic carbocycles. The summed E-state index contributed by atoms with van der Waals surface area (Å²) in [4.78, 5) is 0. The van der Waals surface area contributed by atoms with Gasteiger partial charge in [-0.25, -0.2) is 0 Å². The first kappa shape index (κ1) is 6.94. The zero-order valence-corrected chi connectivity index (χ0v) is 6.41. The Hall–Kier alpha value is -0.170. The molecule has 52 valence electrons. The number of rotatable bonds is 0. The molecule has 0 saturated carbocycles. The third-order valence-electron chi connectivity index (χ3n) is 1.88. The van der Waals surface area contributed by atoms with Crippen molar-refractivity contribution in [3.63, 3.8) is 0 Å². The highest BCUT2D eigenvalue weighted by atomic mass is 35.5. The average Bonchev–Trinajstić information content (AvgIpc) is 1.83. The van der Waals surface area contributed by atoms with Crippen LogP contribution in [0, 0.1) is 5.92 Å². The highest BCUT2D eigenvalue weighted by Crippen LogP contribution is 2.28. The standard InChI is InChI=1S/C7H12ClN/c1-5-3-2-4-6(8)7(5)9/h5H,2-4,9H2,1H3. The zero-order valence-electron chi connectivity index (χ0n) is 5.65. The second-order valence-electron chi connectivity index (χ2n) is 2.65. The summed E-state index contributed by atoms with van der Waals surface area (Å²) in [6.07, 6.45) is 3.38. The molecule has 2 N–H and O–H groups in total. The summed E-state index contributed by atoms with van der Waals surface area (Å²) < 4.78 is 0. The van der Waals surface area contributed by atoms with Crippen LogP contribution in [0.2, 0.25) is 0 Å². The first-order valence-electron chi connectivity index (χ1n) is 3.36. The van der Waals surface area contributed by atoms with Gasteiger partial charge < -0.3 is 5.73 Å². The molecule has 0 radical (unpaired) electrons. The van der Waals surface area contributed by atoms with E-state index in [0.717, 1.165) is 17.2 Å². The lowest BCUT2D eigenvalue weighted by atomic mass is 9.94. The molecule has 1 nitrogen and oxygen atoms in total. The van der Waals surface area contributed by atoms with Crippen molar-refractivity contribution in [3.05, 3.63) is 10.7 Å². The maximum Gasteiger partial charge on any atom is 0.0370 e. The molecule has 0 amide bonds. The van der Waals surface area contributed by atoms with Gasteiger partial charge in [-0.1, -0.05) is 18.5 Å². The Morgan fingerprint density at radius 3 is 2.78 bits per heavy atom. The summed E-state index contributed by atoms with van der Waals surface area (Å²) in [5.41, 5.74) is 6.57. The van der Waals surface area contributed by atoms with E-state index in [4.69, 9.17) is 17.3 Å². The van der Waals surface area contributed by atoms with Gasteiger partial charge in [-0.2, -0.15) is 0 Å². The lowest BCUT2D eigenvalue weighted by Crippen LogP contribution is -2.14. The molecule has 0 bridgehead atoms. The van der Waals surface area contributed by atoms with Gasteiger partial charge in [0, 0.05) is 10.7 Å². The molecule has 0 heterocycles. The largest absolute Gasteiger partial charge is 0.401 e. The van der Waals surface area contributed by atoms with Crippen molar-refractivity contribution in [3.8, 4) is 0 Å². The number of allylic oxidation sites excluding steroid dienone is 2. The quantitative estimate of drug-likeness (QED) is 0.556. The molecule has 1 rings (SSSR count). The predicted molar refractivity (Wildman–Crippen MR) is 40.1 cm³/mol. The minimum atomic E-state index is 0.506. The van der Waals surface area contributed by atoms with Crippen molar-refractivity contribution in [2.75, 3.05) is 0 Å². The lowest BCUT2D eigenvalue weighted by Gasteiger charge is -2.18. The van der Waals surface area contributed by atoms with E-state index in [1.54, 1.807) is 0 Å². The van der Waals surface area contributed by atoms with Crippen molar-refractivity contribution < 1.29 is 0 Å². The van der Waals surface area contributed by atoms with Crippen LogP contribution >= 0.6 is 11.6 Å². The van der Waals surface area contributed by atoms with Crippen LogP contribution < -0.4 is 5.73 Å². The van der Waals surface area contributed by atoms with Crippen LogP contribution in [0.15, 0.2) is 10.7 Å². The maximum absolute atomic E-state index is 5.82. The van der Waals surface area contributed by atoms with E-state index < -0.39 is 0 Å². The Morgan fingerprint density at radius 2 is 2.33 bits per heavy atom. The molecule has 0 aromatic heterocycles. The van der Waals surface area contributed by atoms with Gasteiger partial charge in [0.05, 0.1) is 0 Å². The van der Waals surface area contributed by atoms with E-state index in [1.165, 1.54) is 12.8 Å². The van der Waals surface area contributed by atoms with Gasteiger partial charge in [0.15, 0.2) is 0 Å². The molecule has 1 atom stereocenters. The minimum absolute atomic E-state index is 0.506. The smallest absolute Gasteiger partial charge is 0.0370 e. The van der Waals surface area contributed by atoms with Crippen molar-refractivity contribution in [1.29, 1.82) is 0 Å². The fourth-order valence-corrected chi connectivity index (χ4v) is 1.45. The lowest BCUT2D eigenvalue weighted by molar-refractivity contribution is 0.541. The average molecular weight is 146 g/mol. The summed E-state index contributed by atoms with van der Waals surface area (Å²) in [6.45, 7) is 2.12. The Kier molecular flexibility index (Phi) is 2.01. The van der Waals surface area contributed by atoms with Crippen LogP contribution in [0.4, 0.5) is 0 Å². The normalized spacial score (nSPS) is 28.9. The van der Waals surface area contributed by atoms with Crippen molar-refractivity contribution in [1.82, 2.24) is 0 Å². The number of hydrogen-bond acceptors (Lipinski definition) is 1. The van der Waals surface area contributed by atoms with Gasteiger partial charge in [0.2, 0.25) is 0 Å². The van der Waals surface area contributed by atoms with E-state index in [0.29, 0.717) is 5.92 Å². The highest BCUT2D eigenvalue weighted by molar-refractivity contribution is 6.29. The van der Waals surface area contributed by atoms with Gasteiger partial charge in [-0.05, 0) is 25.2 Å². The van der Waals surface area contributed by atoms with Gasteiger partial charge in [0.1, 0.15) is 0 Å². The van der Waals surface area contributed by atoms with Crippen molar-refractivity contribution in [2.24, 2.45) is 11.7 Å². The molecule has 0 saturated heterocycles. The van der Waals surface area contributed by atoms with Gasteiger partial charge in [-0.15, -0.1) is 0 Å². The fourth-order valence-electron chi connectivity index (χ4n) is 1.13. The SMILES string of the molecule is CC1CCCC(Cl)=C1N. The van der Waals surface area contributed by atoms with Crippen LogP contribution in [-0.2, 0) is 0 Å². The monoisotopic (exact) mass is 145 g/mol. The first-order chi connectivity index (χ1) is 4.22. The van der Waals surface area contributed by atoms with E-state index in [1.807, 2.05) is 0 Å². The molecular weight excluding hydrogens is 134 g/mol. The van der Waals surface area contributed by atoms with Crippen LogP contribution in [0.1, 0.15) is 26.2 Å². The van der Waals surface area contributed by atoms with Crippen molar-refractivity contribution >= 4 is 11.6 Å². The molecule has 1 unspecified atom stereocenters. The zero-order chi connectivity index (χ0) is 6.85. The molecular formula is C7H12ClN. The Labute approximate surface area is 60.9 Å². The van der Waals surface area contributed by atoms with Gasteiger partial charge in [-0.3, -0.25) is 0 Å². The molecule has 0 aromatic carbocycles. The summed E-state index contributed by atoms with van der Waals surface area (Å²) >= 11 is 5.82. The Morgan fingerprint density at radius 1 is 1.67 bits per heavy atom. The van der Waals surface area contributed by atoms with Crippen LogP contribution in [0.3, 0.4) is 0 Å². The second-order valence-corrected chi connectivity index (χ2v) is 3.11. The van der Waals surface area contributed by atoms with E-state index in [-0.39, 0.29) is 0 Å². The summed E-state index contributed by atoms with van der Waals surface area (Å²) in [5.74, 6) is 0.506. The van der Waals surface area contributed by atoms with Crippen LogP contribution in [0.5, 0.6) is 0 Å². The number of nitrogens with two attached hydrogens (primary N) is 1. The van der Waals surface area contributed by atoms with Crippen LogP contribution in [0.25, 0.3) is 0 Å². The van der Waals surface area contributed by atoms with E-state index >= 15 is 0 Å². The molecule has 0 aromatic rings. The predicted octanol–water partition coefficient (Wildman–Crippen LogP) is 2.22. The summed E-state index contributed by atoms with van der Waals surface area (Å²) in [5, 5.41) is 0.883. The molecule has 0 spiro atoms. The molecule has 1 aliphatic rings. The van der Waals surface area contributed by atoms with Crippen LogP contribution in [-0.4, -0.2) is 0 Å². The molecule has 0 fully saturated rings. The molecule has 2 heteroatoms. The molecule has 9 heavy (non-hydrogen) atoms. The van der Waals surface area contributed by atoms with E-state index in [9.17, 15) is 0 Å². The summed E-state index contributed by atoms with van der Waals surface area (Å²) in [7, 11) is 0. The minimum Gasteiger partial charge on any atom is -0.401 e. The van der Waals surface area contributed by atoms with Gasteiger partial charge in [0.25, 0.3) is 0 Å². The Balaban J connectivity index is 2.72.